The standard InChI is InChI=1S/C16H21BrN6O/c1-22-16(23-8-3-4-11(18)7-9-23)13(10-19-22)21-15(24)12-5-2-6-14(17)20-12/h2,5-6,10-11H,3-4,7-9,18H2,1H3,(H,21,24). The van der Waals surface area contributed by atoms with Gasteiger partial charge in [-0.25, -0.2) is 4.98 Å². The summed E-state index contributed by atoms with van der Waals surface area (Å²) < 4.78 is 2.42. The van der Waals surface area contributed by atoms with Crippen molar-refractivity contribution >= 4 is 33.3 Å². The zero-order valence-electron chi connectivity index (χ0n) is 13.6. The first-order valence-corrected chi connectivity index (χ1v) is 8.80. The van der Waals surface area contributed by atoms with Crippen LogP contribution in [0.25, 0.3) is 0 Å². The Morgan fingerprint density at radius 3 is 3.00 bits per heavy atom. The number of pyridine rings is 1. The summed E-state index contributed by atoms with van der Waals surface area (Å²) >= 11 is 3.28. The van der Waals surface area contributed by atoms with E-state index in [-0.39, 0.29) is 11.9 Å². The Labute approximate surface area is 149 Å². The summed E-state index contributed by atoms with van der Waals surface area (Å²) in [6.07, 6.45) is 4.67. The minimum absolute atomic E-state index is 0.243. The Hall–Kier alpha value is -1.93. The highest BCUT2D eigenvalue weighted by atomic mass is 79.9. The molecule has 0 bridgehead atoms. The molecule has 0 spiro atoms. The number of rotatable bonds is 3. The smallest absolute Gasteiger partial charge is 0.274 e. The van der Waals surface area contributed by atoms with Crippen LogP contribution in [0.3, 0.4) is 0 Å². The molecule has 2 aromatic rings. The lowest BCUT2D eigenvalue weighted by Gasteiger charge is -2.24. The molecule has 1 aliphatic rings. The van der Waals surface area contributed by atoms with Crippen molar-refractivity contribution in [2.75, 3.05) is 23.3 Å². The third-order valence-corrected chi connectivity index (χ3v) is 4.62. The summed E-state index contributed by atoms with van der Waals surface area (Å²) in [5.41, 5.74) is 7.12. The van der Waals surface area contributed by atoms with E-state index in [0.29, 0.717) is 16.0 Å². The molecule has 0 aromatic carbocycles. The Morgan fingerprint density at radius 1 is 1.38 bits per heavy atom. The molecule has 1 aliphatic heterocycles. The Kier molecular flexibility index (Phi) is 5.15. The number of carbonyl (C=O) groups excluding carboxylic acids is 1. The van der Waals surface area contributed by atoms with E-state index in [1.165, 1.54) is 0 Å². The van der Waals surface area contributed by atoms with E-state index in [1.54, 1.807) is 29.1 Å². The summed E-state index contributed by atoms with van der Waals surface area (Å²) in [5.74, 6) is 0.657. The monoisotopic (exact) mass is 392 g/mol. The molecule has 0 saturated carbocycles. The first-order valence-electron chi connectivity index (χ1n) is 8.01. The predicted molar refractivity (Wildman–Crippen MR) is 97.1 cm³/mol. The zero-order valence-corrected chi connectivity index (χ0v) is 15.2. The van der Waals surface area contributed by atoms with E-state index in [0.717, 1.165) is 38.2 Å². The molecule has 0 aliphatic carbocycles. The summed E-state index contributed by atoms with van der Waals surface area (Å²) in [7, 11) is 1.88. The van der Waals surface area contributed by atoms with Gasteiger partial charge >= 0.3 is 0 Å². The first-order chi connectivity index (χ1) is 11.5. The highest BCUT2D eigenvalue weighted by Crippen LogP contribution is 2.27. The lowest BCUT2D eigenvalue weighted by atomic mass is 10.1. The van der Waals surface area contributed by atoms with E-state index in [1.807, 2.05) is 7.05 Å². The van der Waals surface area contributed by atoms with Crippen molar-refractivity contribution in [2.24, 2.45) is 12.8 Å². The second kappa shape index (κ2) is 7.31. The van der Waals surface area contributed by atoms with Crippen LogP contribution in [0.2, 0.25) is 0 Å². The number of aryl methyl sites for hydroxylation is 1. The molecule has 1 unspecified atom stereocenters. The number of halogens is 1. The van der Waals surface area contributed by atoms with Crippen molar-refractivity contribution in [3.63, 3.8) is 0 Å². The van der Waals surface area contributed by atoms with E-state index < -0.39 is 0 Å². The van der Waals surface area contributed by atoms with Crippen LogP contribution in [0.15, 0.2) is 29.0 Å². The molecule has 3 rings (SSSR count). The highest BCUT2D eigenvalue weighted by Gasteiger charge is 2.21. The maximum Gasteiger partial charge on any atom is 0.274 e. The summed E-state index contributed by atoms with van der Waals surface area (Å²) in [4.78, 5) is 18.9. The average Bonchev–Trinajstić information content (AvgIpc) is 2.77. The molecule has 1 fully saturated rings. The fourth-order valence-corrected chi connectivity index (χ4v) is 3.29. The van der Waals surface area contributed by atoms with Gasteiger partial charge in [0.2, 0.25) is 0 Å². The summed E-state index contributed by atoms with van der Waals surface area (Å²) in [5, 5.41) is 7.23. The fourth-order valence-electron chi connectivity index (χ4n) is 2.95. The van der Waals surface area contributed by atoms with Gasteiger partial charge < -0.3 is 16.0 Å². The maximum atomic E-state index is 12.5. The summed E-state index contributed by atoms with van der Waals surface area (Å²) in [6, 6.07) is 5.49. The summed E-state index contributed by atoms with van der Waals surface area (Å²) in [6.45, 7) is 1.77. The quantitative estimate of drug-likeness (QED) is 0.781. The van der Waals surface area contributed by atoms with E-state index in [4.69, 9.17) is 5.73 Å². The molecule has 3 heterocycles. The van der Waals surface area contributed by atoms with Gasteiger partial charge in [-0.15, -0.1) is 0 Å². The van der Waals surface area contributed by atoms with Crippen molar-refractivity contribution in [3.8, 4) is 0 Å². The van der Waals surface area contributed by atoms with Crippen LogP contribution in [0.4, 0.5) is 11.5 Å². The number of nitrogens with one attached hydrogen (secondary N) is 1. The van der Waals surface area contributed by atoms with Crippen LogP contribution in [0.1, 0.15) is 29.8 Å². The highest BCUT2D eigenvalue weighted by molar-refractivity contribution is 9.10. The van der Waals surface area contributed by atoms with Gasteiger partial charge in [-0.3, -0.25) is 9.48 Å². The molecule has 24 heavy (non-hydrogen) atoms. The van der Waals surface area contributed by atoms with E-state index in [9.17, 15) is 4.79 Å². The van der Waals surface area contributed by atoms with Crippen LogP contribution >= 0.6 is 15.9 Å². The topological polar surface area (TPSA) is 89.1 Å². The molecular weight excluding hydrogens is 372 g/mol. The number of hydrogen-bond donors (Lipinski definition) is 2. The normalized spacial score (nSPS) is 18.3. The minimum Gasteiger partial charge on any atom is -0.355 e. The van der Waals surface area contributed by atoms with Crippen LogP contribution < -0.4 is 16.0 Å². The van der Waals surface area contributed by atoms with Crippen LogP contribution in [0, 0.1) is 0 Å². The molecule has 8 heteroatoms. The Bertz CT molecular complexity index is 731. The Balaban J connectivity index is 1.81. The van der Waals surface area contributed by atoms with E-state index in [2.05, 4.69) is 36.2 Å². The largest absolute Gasteiger partial charge is 0.355 e. The van der Waals surface area contributed by atoms with Gasteiger partial charge in [0, 0.05) is 26.2 Å². The molecular formula is C16H21BrN6O. The minimum atomic E-state index is -0.253. The van der Waals surface area contributed by atoms with Crippen LogP contribution in [-0.2, 0) is 7.05 Å². The lowest BCUT2D eigenvalue weighted by molar-refractivity contribution is 0.102. The molecule has 7 nitrogen and oxygen atoms in total. The maximum absolute atomic E-state index is 12.5. The van der Waals surface area contributed by atoms with Crippen molar-refractivity contribution in [2.45, 2.75) is 25.3 Å². The van der Waals surface area contributed by atoms with E-state index >= 15 is 0 Å². The average molecular weight is 393 g/mol. The Morgan fingerprint density at radius 2 is 2.21 bits per heavy atom. The van der Waals surface area contributed by atoms with Gasteiger partial charge in [0.05, 0.1) is 6.20 Å². The van der Waals surface area contributed by atoms with Crippen molar-refractivity contribution in [1.82, 2.24) is 14.8 Å². The van der Waals surface area contributed by atoms with Gasteiger partial charge in [0.25, 0.3) is 5.91 Å². The van der Waals surface area contributed by atoms with Gasteiger partial charge in [-0.05, 0) is 47.3 Å². The zero-order chi connectivity index (χ0) is 17.1. The first kappa shape index (κ1) is 16.9. The number of aromatic nitrogens is 3. The SMILES string of the molecule is Cn1ncc(NC(=O)c2cccc(Br)n2)c1N1CCCC(N)CC1. The van der Waals surface area contributed by atoms with Crippen LogP contribution in [-0.4, -0.2) is 39.8 Å². The third-order valence-electron chi connectivity index (χ3n) is 4.18. The second-order valence-corrected chi connectivity index (χ2v) is 6.80. The van der Waals surface area contributed by atoms with Gasteiger partial charge in [-0.1, -0.05) is 6.07 Å². The van der Waals surface area contributed by atoms with Gasteiger partial charge in [-0.2, -0.15) is 5.10 Å². The molecule has 1 amide bonds. The number of hydrogen-bond acceptors (Lipinski definition) is 5. The van der Waals surface area contributed by atoms with Crippen molar-refractivity contribution < 1.29 is 4.79 Å². The van der Waals surface area contributed by atoms with Crippen molar-refractivity contribution in [3.05, 3.63) is 34.7 Å². The van der Waals surface area contributed by atoms with Gasteiger partial charge in [0.1, 0.15) is 16.0 Å². The molecule has 1 atom stereocenters. The number of carbonyl (C=O) groups is 1. The molecule has 3 N–H and O–H groups in total. The lowest BCUT2D eigenvalue weighted by Crippen LogP contribution is -2.29. The van der Waals surface area contributed by atoms with Crippen LogP contribution in [0.5, 0.6) is 0 Å². The van der Waals surface area contributed by atoms with Crippen molar-refractivity contribution in [1.29, 1.82) is 0 Å². The molecule has 1 saturated heterocycles. The molecule has 0 radical (unpaired) electrons. The number of nitrogens with zero attached hydrogens (tertiary/aromatic N) is 4. The molecule has 128 valence electrons. The fraction of sp³-hybridized carbons (Fsp3) is 0.438. The number of nitrogens with two attached hydrogens (primary N) is 1. The number of anilines is 2. The predicted octanol–water partition coefficient (Wildman–Crippen LogP) is 2.15. The third kappa shape index (κ3) is 3.76. The second-order valence-electron chi connectivity index (χ2n) is 5.98. The molecule has 2 aromatic heterocycles. The number of amides is 1. The van der Waals surface area contributed by atoms with Gasteiger partial charge in [0.15, 0.2) is 5.82 Å².